The highest BCUT2D eigenvalue weighted by atomic mass is 14.6. The number of nitrogens with two attached hydrogens (primary N) is 1. The van der Waals surface area contributed by atoms with Crippen LogP contribution in [0.2, 0.25) is 0 Å². The van der Waals surface area contributed by atoms with Gasteiger partial charge < -0.3 is 5.73 Å². The SMILES string of the molecule is CC1(C2=C(N)CCCC2)C=CCCC1. The second-order valence-corrected chi connectivity index (χ2v) is 4.92. The molecule has 0 aromatic heterocycles. The zero-order valence-electron chi connectivity index (χ0n) is 9.18. The van der Waals surface area contributed by atoms with E-state index >= 15 is 0 Å². The van der Waals surface area contributed by atoms with Crippen LogP contribution in [0.15, 0.2) is 23.4 Å². The molecule has 14 heavy (non-hydrogen) atoms. The van der Waals surface area contributed by atoms with E-state index in [-0.39, 0.29) is 0 Å². The van der Waals surface area contributed by atoms with Gasteiger partial charge in [-0.05, 0) is 50.5 Å². The molecular weight excluding hydrogens is 170 g/mol. The molecule has 0 radical (unpaired) electrons. The minimum atomic E-state index is 0.294. The fraction of sp³-hybridized carbons (Fsp3) is 0.692. The van der Waals surface area contributed by atoms with Gasteiger partial charge in [0, 0.05) is 11.1 Å². The first kappa shape index (κ1) is 9.82. The smallest absolute Gasteiger partial charge is 0.00825 e. The van der Waals surface area contributed by atoms with Crippen LogP contribution in [0.3, 0.4) is 0 Å². The molecule has 0 saturated heterocycles. The van der Waals surface area contributed by atoms with Crippen molar-refractivity contribution in [3.8, 4) is 0 Å². The van der Waals surface area contributed by atoms with E-state index in [9.17, 15) is 0 Å². The van der Waals surface area contributed by atoms with E-state index in [1.165, 1.54) is 44.2 Å². The van der Waals surface area contributed by atoms with Gasteiger partial charge in [0.1, 0.15) is 0 Å². The van der Waals surface area contributed by atoms with E-state index < -0.39 is 0 Å². The van der Waals surface area contributed by atoms with E-state index in [2.05, 4.69) is 19.1 Å². The third-order valence-electron chi connectivity index (χ3n) is 3.75. The largest absolute Gasteiger partial charge is 0.402 e. The molecule has 2 aliphatic rings. The van der Waals surface area contributed by atoms with Gasteiger partial charge in [-0.25, -0.2) is 0 Å². The Hall–Kier alpha value is -0.720. The summed E-state index contributed by atoms with van der Waals surface area (Å²) in [5, 5.41) is 0. The number of allylic oxidation sites excluding steroid dienone is 4. The Morgan fingerprint density at radius 2 is 2.00 bits per heavy atom. The molecule has 0 spiro atoms. The van der Waals surface area contributed by atoms with Crippen molar-refractivity contribution in [3.05, 3.63) is 23.4 Å². The second kappa shape index (κ2) is 3.80. The summed E-state index contributed by atoms with van der Waals surface area (Å²) >= 11 is 0. The number of hydrogen-bond donors (Lipinski definition) is 1. The van der Waals surface area contributed by atoms with Gasteiger partial charge in [0.2, 0.25) is 0 Å². The van der Waals surface area contributed by atoms with Gasteiger partial charge >= 0.3 is 0 Å². The van der Waals surface area contributed by atoms with Gasteiger partial charge in [-0.3, -0.25) is 0 Å². The summed E-state index contributed by atoms with van der Waals surface area (Å²) in [7, 11) is 0. The zero-order chi connectivity index (χ0) is 10.0. The van der Waals surface area contributed by atoms with E-state index in [1.807, 2.05) is 0 Å². The van der Waals surface area contributed by atoms with E-state index in [4.69, 9.17) is 5.73 Å². The number of hydrogen-bond acceptors (Lipinski definition) is 1. The van der Waals surface area contributed by atoms with Crippen LogP contribution < -0.4 is 5.73 Å². The molecule has 1 heteroatoms. The zero-order valence-corrected chi connectivity index (χ0v) is 9.18. The third kappa shape index (κ3) is 1.73. The Kier molecular flexibility index (Phi) is 2.66. The van der Waals surface area contributed by atoms with E-state index in [0.717, 1.165) is 6.42 Å². The van der Waals surface area contributed by atoms with Gasteiger partial charge in [-0.15, -0.1) is 0 Å². The lowest BCUT2D eigenvalue weighted by Gasteiger charge is -2.35. The third-order valence-corrected chi connectivity index (χ3v) is 3.75. The number of rotatable bonds is 1. The molecule has 0 aromatic rings. The summed E-state index contributed by atoms with van der Waals surface area (Å²) in [6.45, 7) is 2.36. The first-order valence-electron chi connectivity index (χ1n) is 5.88. The fourth-order valence-corrected chi connectivity index (χ4v) is 2.85. The Labute approximate surface area is 87.1 Å². The standard InChI is InChI=1S/C13H21N/c1-13(9-5-2-6-10-13)11-7-3-4-8-12(11)14/h5,9H,2-4,6-8,10,14H2,1H3. The van der Waals surface area contributed by atoms with Gasteiger partial charge in [-0.1, -0.05) is 19.1 Å². The highest BCUT2D eigenvalue weighted by Gasteiger charge is 2.30. The molecule has 0 saturated carbocycles. The van der Waals surface area contributed by atoms with E-state index in [1.54, 1.807) is 5.57 Å². The van der Waals surface area contributed by atoms with Gasteiger partial charge in [0.15, 0.2) is 0 Å². The van der Waals surface area contributed by atoms with Crippen LogP contribution in [0.1, 0.15) is 51.9 Å². The van der Waals surface area contributed by atoms with Crippen LogP contribution in [0, 0.1) is 5.41 Å². The molecule has 0 bridgehead atoms. The predicted octanol–water partition coefficient (Wildman–Crippen LogP) is 3.52. The molecule has 0 aliphatic heterocycles. The lowest BCUT2D eigenvalue weighted by atomic mass is 9.70. The van der Waals surface area contributed by atoms with Crippen molar-refractivity contribution in [1.82, 2.24) is 0 Å². The maximum absolute atomic E-state index is 6.14. The van der Waals surface area contributed by atoms with Crippen LogP contribution in [0.4, 0.5) is 0 Å². The Bertz CT molecular complexity index is 275. The van der Waals surface area contributed by atoms with Crippen molar-refractivity contribution in [2.75, 3.05) is 0 Å². The Morgan fingerprint density at radius 3 is 2.64 bits per heavy atom. The summed E-state index contributed by atoms with van der Waals surface area (Å²) < 4.78 is 0. The molecule has 1 unspecified atom stereocenters. The molecule has 1 nitrogen and oxygen atoms in total. The molecule has 0 aromatic carbocycles. The fourth-order valence-electron chi connectivity index (χ4n) is 2.85. The van der Waals surface area contributed by atoms with Crippen molar-refractivity contribution in [2.24, 2.45) is 11.1 Å². The first-order chi connectivity index (χ1) is 6.72. The van der Waals surface area contributed by atoms with Crippen LogP contribution in [0.5, 0.6) is 0 Å². The first-order valence-corrected chi connectivity index (χ1v) is 5.88. The average molecular weight is 191 g/mol. The highest BCUT2D eigenvalue weighted by molar-refractivity contribution is 5.28. The molecule has 0 fully saturated rings. The van der Waals surface area contributed by atoms with Crippen LogP contribution >= 0.6 is 0 Å². The molecule has 2 aliphatic carbocycles. The maximum Gasteiger partial charge on any atom is 0.00825 e. The molecule has 0 amide bonds. The molecule has 1 atom stereocenters. The predicted molar refractivity (Wildman–Crippen MR) is 60.8 cm³/mol. The summed E-state index contributed by atoms with van der Waals surface area (Å²) in [6, 6.07) is 0. The summed E-state index contributed by atoms with van der Waals surface area (Å²) in [5.74, 6) is 0. The van der Waals surface area contributed by atoms with Gasteiger partial charge in [0.05, 0.1) is 0 Å². The lowest BCUT2D eigenvalue weighted by Crippen LogP contribution is -2.24. The average Bonchev–Trinajstić information content (AvgIpc) is 2.19. The monoisotopic (exact) mass is 191 g/mol. The topological polar surface area (TPSA) is 26.0 Å². The second-order valence-electron chi connectivity index (χ2n) is 4.92. The Morgan fingerprint density at radius 1 is 1.21 bits per heavy atom. The van der Waals surface area contributed by atoms with Crippen molar-refractivity contribution in [2.45, 2.75) is 51.9 Å². The van der Waals surface area contributed by atoms with Crippen molar-refractivity contribution < 1.29 is 0 Å². The summed E-state index contributed by atoms with van der Waals surface area (Å²) in [4.78, 5) is 0. The lowest BCUT2D eigenvalue weighted by molar-refractivity contribution is 0.399. The molecule has 78 valence electrons. The normalized spacial score (nSPS) is 33.5. The van der Waals surface area contributed by atoms with Crippen LogP contribution in [-0.4, -0.2) is 0 Å². The molecular formula is C13H21N. The van der Waals surface area contributed by atoms with Crippen LogP contribution in [0.25, 0.3) is 0 Å². The minimum Gasteiger partial charge on any atom is -0.402 e. The van der Waals surface area contributed by atoms with Crippen molar-refractivity contribution in [1.29, 1.82) is 0 Å². The minimum absolute atomic E-state index is 0.294. The Balaban J connectivity index is 2.27. The van der Waals surface area contributed by atoms with Crippen molar-refractivity contribution in [3.63, 3.8) is 0 Å². The molecule has 2 rings (SSSR count). The van der Waals surface area contributed by atoms with Gasteiger partial charge in [0.25, 0.3) is 0 Å². The summed E-state index contributed by atoms with van der Waals surface area (Å²) in [5.41, 5.74) is 9.16. The molecule has 2 N–H and O–H groups in total. The highest BCUT2D eigenvalue weighted by Crippen LogP contribution is 2.43. The van der Waals surface area contributed by atoms with Crippen molar-refractivity contribution >= 4 is 0 Å². The molecule has 0 heterocycles. The summed E-state index contributed by atoms with van der Waals surface area (Å²) in [6.07, 6.45) is 13.6. The van der Waals surface area contributed by atoms with E-state index in [0.29, 0.717) is 5.41 Å². The quantitative estimate of drug-likeness (QED) is 0.630. The maximum atomic E-state index is 6.14. The van der Waals surface area contributed by atoms with Crippen LogP contribution in [-0.2, 0) is 0 Å². The van der Waals surface area contributed by atoms with Gasteiger partial charge in [-0.2, -0.15) is 0 Å².